The molecule has 4 rings (SSSR count). The van der Waals surface area contributed by atoms with Gasteiger partial charge in [-0.25, -0.2) is 4.98 Å². The quantitative estimate of drug-likeness (QED) is 0.492. The Morgan fingerprint density at radius 1 is 1.28 bits per heavy atom. The summed E-state index contributed by atoms with van der Waals surface area (Å²) in [5.74, 6) is 1.18. The van der Waals surface area contributed by atoms with Crippen LogP contribution in [0.4, 0.5) is 0 Å². The molecular formula is C25H31N3O2S2. The number of amides is 1. The maximum absolute atomic E-state index is 12.8. The van der Waals surface area contributed by atoms with E-state index in [1.54, 1.807) is 23.1 Å². The van der Waals surface area contributed by atoms with E-state index in [0.29, 0.717) is 31.1 Å². The third-order valence-electron chi connectivity index (χ3n) is 6.43. The second-order valence-corrected chi connectivity index (χ2v) is 11.6. The van der Waals surface area contributed by atoms with Crippen molar-refractivity contribution in [2.24, 2.45) is 11.3 Å². The summed E-state index contributed by atoms with van der Waals surface area (Å²) in [6.45, 7) is 7.39. The largest absolute Gasteiger partial charge is 0.352 e. The Bertz CT molecular complexity index is 1170. The lowest BCUT2D eigenvalue weighted by Crippen LogP contribution is -2.26. The van der Waals surface area contributed by atoms with Gasteiger partial charge in [0.15, 0.2) is 0 Å². The van der Waals surface area contributed by atoms with Gasteiger partial charge in [0.1, 0.15) is 10.7 Å². The predicted octanol–water partition coefficient (Wildman–Crippen LogP) is 5.11. The molecule has 7 heteroatoms. The first-order valence-corrected chi connectivity index (χ1v) is 13.2. The number of carbonyl (C=O) groups excluding carboxylic acids is 1. The Hall–Kier alpha value is -2.12. The highest BCUT2D eigenvalue weighted by molar-refractivity contribution is 7.98. The SMILES string of the molecule is CSc1ccc(CNC(=O)CCc2nc3sc4c(c3c(=O)[nH]2)CCC(C(C)(C)C)C4)cc1. The summed E-state index contributed by atoms with van der Waals surface area (Å²) in [6, 6.07) is 8.17. The third kappa shape index (κ3) is 5.09. The number of hydrogen-bond donors (Lipinski definition) is 2. The molecule has 0 saturated heterocycles. The molecule has 0 radical (unpaired) electrons. The van der Waals surface area contributed by atoms with E-state index in [2.05, 4.69) is 43.2 Å². The van der Waals surface area contributed by atoms with Crippen LogP contribution in [0.15, 0.2) is 34.0 Å². The van der Waals surface area contributed by atoms with Crippen LogP contribution in [0.2, 0.25) is 0 Å². The molecule has 0 saturated carbocycles. The average molecular weight is 470 g/mol. The van der Waals surface area contributed by atoms with Gasteiger partial charge in [-0.2, -0.15) is 0 Å². The van der Waals surface area contributed by atoms with Crippen molar-refractivity contribution in [1.82, 2.24) is 15.3 Å². The minimum absolute atomic E-state index is 0.0415. The summed E-state index contributed by atoms with van der Waals surface area (Å²) in [5, 5.41) is 3.72. The van der Waals surface area contributed by atoms with Gasteiger partial charge >= 0.3 is 0 Å². The normalized spacial score (nSPS) is 16.2. The van der Waals surface area contributed by atoms with Gasteiger partial charge < -0.3 is 10.3 Å². The number of carbonyl (C=O) groups is 1. The van der Waals surface area contributed by atoms with E-state index < -0.39 is 0 Å². The van der Waals surface area contributed by atoms with Crippen molar-refractivity contribution in [2.45, 2.75) is 64.3 Å². The van der Waals surface area contributed by atoms with Gasteiger partial charge in [0, 0.05) is 29.2 Å². The number of rotatable bonds is 6. The number of nitrogens with one attached hydrogen (secondary N) is 2. The fourth-order valence-electron chi connectivity index (χ4n) is 4.35. The monoisotopic (exact) mass is 469 g/mol. The van der Waals surface area contributed by atoms with Gasteiger partial charge in [0.2, 0.25) is 5.91 Å². The molecular weight excluding hydrogens is 438 g/mol. The summed E-state index contributed by atoms with van der Waals surface area (Å²) >= 11 is 3.36. The fourth-order valence-corrected chi connectivity index (χ4v) is 6.08. The molecule has 1 aliphatic carbocycles. The first-order chi connectivity index (χ1) is 15.2. The Balaban J connectivity index is 1.40. The second kappa shape index (κ2) is 9.40. The molecule has 2 heterocycles. The van der Waals surface area contributed by atoms with Crippen molar-refractivity contribution < 1.29 is 4.79 Å². The molecule has 170 valence electrons. The van der Waals surface area contributed by atoms with Crippen LogP contribution in [-0.2, 0) is 30.6 Å². The van der Waals surface area contributed by atoms with E-state index in [1.807, 2.05) is 18.4 Å². The number of thiophene rings is 1. The number of aromatic amines is 1. The van der Waals surface area contributed by atoms with Crippen LogP contribution < -0.4 is 10.9 Å². The number of H-pyrrole nitrogens is 1. The van der Waals surface area contributed by atoms with E-state index in [-0.39, 0.29) is 16.9 Å². The highest BCUT2D eigenvalue weighted by atomic mass is 32.2. The van der Waals surface area contributed by atoms with Crippen molar-refractivity contribution in [3.8, 4) is 0 Å². The Morgan fingerprint density at radius 3 is 2.72 bits per heavy atom. The number of benzene rings is 1. The molecule has 2 N–H and O–H groups in total. The first kappa shape index (κ1) is 23.1. The van der Waals surface area contributed by atoms with E-state index in [1.165, 1.54) is 15.3 Å². The Kier molecular flexibility index (Phi) is 6.77. The molecule has 32 heavy (non-hydrogen) atoms. The number of hydrogen-bond acceptors (Lipinski definition) is 5. The molecule has 2 aromatic heterocycles. The lowest BCUT2D eigenvalue weighted by Gasteiger charge is -2.33. The van der Waals surface area contributed by atoms with Crippen LogP contribution >= 0.6 is 23.1 Å². The highest BCUT2D eigenvalue weighted by Crippen LogP contribution is 2.41. The molecule has 0 fully saturated rings. The molecule has 1 unspecified atom stereocenters. The third-order valence-corrected chi connectivity index (χ3v) is 8.32. The molecule has 3 aromatic rings. The van der Waals surface area contributed by atoms with Gasteiger partial charge in [-0.05, 0) is 60.1 Å². The van der Waals surface area contributed by atoms with E-state index >= 15 is 0 Å². The lowest BCUT2D eigenvalue weighted by molar-refractivity contribution is -0.121. The first-order valence-electron chi connectivity index (χ1n) is 11.2. The van der Waals surface area contributed by atoms with Gasteiger partial charge in [0.25, 0.3) is 5.56 Å². The predicted molar refractivity (Wildman–Crippen MR) is 134 cm³/mol. The minimum Gasteiger partial charge on any atom is -0.352 e. The Labute approximate surface area is 197 Å². The van der Waals surface area contributed by atoms with E-state index in [0.717, 1.165) is 35.0 Å². The maximum Gasteiger partial charge on any atom is 0.259 e. The van der Waals surface area contributed by atoms with E-state index in [4.69, 9.17) is 4.98 Å². The van der Waals surface area contributed by atoms with Gasteiger partial charge in [-0.15, -0.1) is 23.1 Å². The molecule has 1 amide bonds. The zero-order valence-corrected chi connectivity index (χ0v) is 20.8. The molecule has 1 aromatic carbocycles. The van der Waals surface area contributed by atoms with Crippen molar-refractivity contribution in [3.63, 3.8) is 0 Å². The molecule has 5 nitrogen and oxygen atoms in total. The van der Waals surface area contributed by atoms with Crippen molar-refractivity contribution in [1.29, 1.82) is 0 Å². The zero-order valence-electron chi connectivity index (χ0n) is 19.2. The van der Waals surface area contributed by atoms with Crippen molar-refractivity contribution >= 4 is 39.2 Å². The minimum atomic E-state index is -0.0639. The Morgan fingerprint density at radius 2 is 2.03 bits per heavy atom. The molecule has 1 aliphatic rings. The number of fused-ring (bicyclic) bond motifs is 3. The topological polar surface area (TPSA) is 74.8 Å². The number of nitrogens with zero attached hydrogens (tertiary/aromatic N) is 1. The van der Waals surface area contributed by atoms with Crippen LogP contribution in [-0.4, -0.2) is 22.1 Å². The summed E-state index contributed by atoms with van der Waals surface area (Å²) in [7, 11) is 0. The van der Waals surface area contributed by atoms with Crippen LogP contribution in [0.5, 0.6) is 0 Å². The summed E-state index contributed by atoms with van der Waals surface area (Å²) in [6.07, 6.45) is 5.85. The van der Waals surface area contributed by atoms with Gasteiger partial charge in [-0.3, -0.25) is 9.59 Å². The molecule has 0 aliphatic heterocycles. The van der Waals surface area contributed by atoms with Crippen molar-refractivity contribution in [2.75, 3.05) is 6.26 Å². The summed E-state index contributed by atoms with van der Waals surface area (Å²) < 4.78 is 0. The summed E-state index contributed by atoms with van der Waals surface area (Å²) in [5.41, 5.74) is 2.47. The molecule has 0 spiro atoms. The fraction of sp³-hybridized carbons (Fsp3) is 0.480. The maximum atomic E-state index is 12.8. The number of aryl methyl sites for hydroxylation is 2. The summed E-state index contributed by atoms with van der Waals surface area (Å²) in [4.78, 5) is 36.1. The number of thioether (sulfide) groups is 1. The smallest absolute Gasteiger partial charge is 0.259 e. The number of aromatic nitrogens is 2. The molecule has 0 bridgehead atoms. The van der Waals surface area contributed by atoms with Crippen molar-refractivity contribution in [3.05, 3.63) is 56.4 Å². The second-order valence-electron chi connectivity index (χ2n) is 9.63. The highest BCUT2D eigenvalue weighted by Gasteiger charge is 2.31. The van der Waals surface area contributed by atoms with Crippen LogP contribution in [0.3, 0.4) is 0 Å². The van der Waals surface area contributed by atoms with Gasteiger partial charge in [-0.1, -0.05) is 32.9 Å². The van der Waals surface area contributed by atoms with Crippen LogP contribution in [0.1, 0.15) is 55.4 Å². The standard InChI is InChI=1S/C25H31N3O2S2/c1-25(2,3)16-7-10-18-19(13-16)32-24-22(18)23(30)27-20(28-24)11-12-21(29)26-14-15-5-8-17(31-4)9-6-15/h5-6,8-9,16H,7,10-14H2,1-4H3,(H,26,29)(H,27,28,30). The average Bonchev–Trinajstić information content (AvgIpc) is 3.14. The van der Waals surface area contributed by atoms with Crippen LogP contribution in [0, 0.1) is 11.3 Å². The van der Waals surface area contributed by atoms with E-state index in [9.17, 15) is 9.59 Å². The zero-order chi connectivity index (χ0) is 22.9. The molecule has 1 atom stereocenters. The lowest BCUT2D eigenvalue weighted by atomic mass is 9.72. The van der Waals surface area contributed by atoms with Crippen LogP contribution in [0.25, 0.3) is 10.2 Å². The van der Waals surface area contributed by atoms with Gasteiger partial charge in [0.05, 0.1) is 5.39 Å².